The molecule has 2 N–H and O–H groups in total. The van der Waals surface area contributed by atoms with E-state index in [-0.39, 0.29) is 0 Å². The second-order valence-corrected chi connectivity index (χ2v) is 19.5. The molecule has 0 atom stereocenters. The summed E-state index contributed by atoms with van der Waals surface area (Å²) in [5.41, 5.74) is 7.88. The van der Waals surface area contributed by atoms with E-state index in [0.717, 1.165) is 11.4 Å². The van der Waals surface area contributed by atoms with Crippen LogP contribution in [-0.2, 0) is 0 Å². The standard InChI is InChI=1S/C6H7N2.3C4H9.Sn/c1-5-6(7)3-2-4-8-5;3*1-3-4-2;/h2-3H,7H2,1H3;3*1,3-4H2,2H3;. The number of pyridine rings is 1. The number of nitrogens with two attached hydrogens (primary N) is 1. The van der Waals surface area contributed by atoms with Gasteiger partial charge in [-0.15, -0.1) is 0 Å². The van der Waals surface area contributed by atoms with Crippen LogP contribution in [0.4, 0.5) is 5.69 Å². The van der Waals surface area contributed by atoms with Crippen molar-refractivity contribution in [3.05, 3.63) is 17.8 Å². The van der Waals surface area contributed by atoms with Crippen LogP contribution in [0.3, 0.4) is 0 Å². The van der Waals surface area contributed by atoms with Crippen LogP contribution in [-0.4, -0.2) is 23.4 Å². The molecule has 0 aliphatic carbocycles. The van der Waals surface area contributed by atoms with E-state index in [1.165, 1.54) is 55.5 Å². The number of unbranched alkanes of at least 4 members (excludes halogenated alkanes) is 3. The zero-order valence-electron chi connectivity index (χ0n) is 14.5. The summed E-state index contributed by atoms with van der Waals surface area (Å²) in [6, 6.07) is 4.38. The van der Waals surface area contributed by atoms with Crippen molar-refractivity contribution in [2.24, 2.45) is 0 Å². The van der Waals surface area contributed by atoms with Crippen molar-refractivity contribution in [3.63, 3.8) is 0 Å². The van der Waals surface area contributed by atoms with Crippen molar-refractivity contribution < 1.29 is 0 Å². The van der Waals surface area contributed by atoms with Crippen molar-refractivity contribution in [1.82, 2.24) is 4.98 Å². The molecule has 0 bridgehead atoms. The predicted molar refractivity (Wildman–Crippen MR) is 97.9 cm³/mol. The fourth-order valence-electron chi connectivity index (χ4n) is 3.17. The third-order valence-corrected chi connectivity index (χ3v) is 19.8. The molecule has 0 saturated heterocycles. The first-order valence-corrected chi connectivity index (χ1v) is 16.3. The molecular weight excluding hydrogens is 363 g/mol. The summed E-state index contributed by atoms with van der Waals surface area (Å²) in [6.07, 6.45) is 8.08. The SMILES string of the molecule is CCC[CH2][Sn]([CH2]CCC)([CH2]CCC)[c]1ccc(N)c(C)n1. The first-order valence-electron chi connectivity index (χ1n) is 8.83. The van der Waals surface area contributed by atoms with Gasteiger partial charge in [0.1, 0.15) is 0 Å². The van der Waals surface area contributed by atoms with Gasteiger partial charge in [-0.3, -0.25) is 0 Å². The molecule has 0 aliphatic rings. The summed E-state index contributed by atoms with van der Waals surface area (Å²) >= 11 is -2.34. The number of nitrogen functional groups attached to an aromatic ring is 1. The monoisotopic (exact) mass is 398 g/mol. The van der Waals surface area contributed by atoms with E-state index in [2.05, 4.69) is 39.8 Å². The Hall–Kier alpha value is -0.251. The van der Waals surface area contributed by atoms with Gasteiger partial charge in [-0.05, 0) is 0 Å². The number of hydrogen-bond acceptors (Lipinski definition) is 2. The fourth-order valence-corrected chi connectivity index (χ4v) is 18.7. The Balaban J connectivity index is 3.12. The number of nitrogens with zero attached hydrogens (tertiary/aromatic N) is 1. The predicted octanol–water partition coefficient (Wildman–Crippen LogP) is 5.03. The number of aryl methyl sites for hydroxylation is 1. The minimum atomic E-state index is -2.34. The van der Waals surface area contributed by atoms with Gasteiger partial charge >= 0.3 is 136 Å². The van der Waals surface area contributed by atoms with Gasteiger partial charge in [-0.25, -0.2) is 0 Å². The molecule has 0 unspecified atom stereocenters. The molecule has 3 heteroatoms. The average molecular weight is 397 g/mol. The minimum absolute atomic E-state index is 0.848. The van der Waals surface area contributed by atoms with Gasteiger partial charge in [0.25, 0.3) is 0 Å². The summed E-state index contributed by atoms with van der Waals surface area (Å²) in [7, 11) is 0. The summed E-state index contributed by atoms with van der Waals surface area (Å²) in [6.45, 7) is 9.02. The Morgan fingerprint density at radius 1 is 0.905 bits per heavy atom. The second-order valence-electron chi connectivity index (χ2n) is 6.46. The second kappa shape index (κ2) is 9.70. The van der Waals surface area contributed by atoms with Gasteiger partial charge in [-0.2, -0.15) is 0 Å². The average Bonchev–Trinajstić information content (AvgIpc) is 2.50. The van der Waals surface area contributed by atoms with Crippen LogP contribution >= 0.6 is 0 Å². The van der Waals surface area contributed by atoms with Crippen LogP contribution in [0.5, 0.6) is 0 Å². The molecule has 1 aromatic heterocycles. The van der Waals surface area contributed by atoms with Crippen molar-refractivity contribution >= 4 is 27.8 Å². The summed E-state index contributed by atoms with van der Waals surface area (Å²) in [4.78, 5) is 4.97. The Morgan fingerprint density at radius 3 is 1.76 bits per heavy atom. The van der Waals surface area contributed by atoms with Gasteiger partial charge in [0.15, 0.2) is 0 Å². The van der Waals surface area contributed by atoms with E-state index in [4.69, 9.17) is 10.7 Å². The molecule has 1 aromatic rings. The Kier molecular flexibility index (Phi) is 8.68. The molecule has 0 spiro atoms. The van der Waals surface area contributed by atoms with E-state index < -0.39 is 18.4 Å². The van der Waals surface area contributed by atoms with Crippen molar-refractivity contribution in [2.45, 2.75) is 79.5 Å². The van der Waals surface area contributed by atoms with Crippen LogP contribution in [0, 0.1) is 6.92 Å². The van der Waals surface area contributed by atoms with Gasteiger partial charge in [0, 0.05) is 0 Å². The molecule has 0 aliphatic heterocycles. The summed E-state index contributed by atoms with van der Waals surface area (Å²) in [5.74, 6) is 0. The van der Waals surface area contributed by atoms with Crippen molar-refractivity contribution in [2.75, 3.05) is 5.73 Å². The van der Waals surface area contributed by atoms with Crippen LogP contribution in [0.15, 0.2) is 12.1 Å². The molecule has 0 saturated carbocycles. The first kappa shape index (κ1) is 18.8. The maximum atomic E-state index is 5.99. The van der Waals surface area contributed by atoms with Crippen LogP contribution in [0.2, 0.25) is 13.3 Å². The molecule has 2 nitrogen and oxygen atoms in total. The summed E-state index contributed by atoms with van der Waals surface area (Å²) in [5, 5.41) is 0. The van der Waals surface area contributed by atoms with Crippen LogP contribution in [0.1, 0.15) is 65.0 Å². The molecule has 21 heavy (non-hydrogen) atoms. The number of aromatic nitrogens is 1. The van der Waals surface area contributed by atoms with Gasteiger partial charge in [0.2, 0.25) is 0 Å². The molecule has 120 valence electrons. The molecule has 0 aromatic carbocycles. The van der Waals surface area contributed by atoms with Gasteiger partial charge < -0.3 is 0 Å². The van der Waals surface area contributed by atoms with E-state index in [1.54, 1.807) is 0 Å². The zero-order chi connectivity index (χ0) is 15.7. The van der Waals surface area contributed by atoms with E-state index >= 15 is 0 Å². The van der Waals surface area contributed by atoms with E-state index in [0.29, 0.717) is 0 Å². The third-order valence-electron chi connectivity index (χ3n) is 4.70. The topological polar surface area (TPSA) is 38.9 Å². The fraction of sp³-hybridized carbons (Fsp3) is 0.722. The van der Waals surface area contributed by atoms with Gasteiger partial charge in [-0.1, -0.05) is 0 Å². The third kappa shape index (κ3) is 5.46. The molecule has 0 fully saturated rings. The van der Waals surface area contributed by atoms with Crippen LogP contribution in [0.25, 0.3) is 0 Å². The molecule has 1 heterocycles. The Labute approximate surface area is 135 Å². The van der Waals surface area contributed by atoms with Crippen LogP contribution < -0.4 is 9.44 Å². The number of rotatable bonds is 10. The summed E-state index contributed by atoms with van der Waals surface area (Å²) < 4.78 is 5.91. The Morgan fingerprint density at radius 2 is 1.38 bits per heavy atom. The van der Waals surface area contributed by atoms with Crippen molar-refractivity contribution in [3.8, 4) is 0 Å². The number of hydrogen-bond donors (Lipinski definition) is 1. The normalized spacial score (nSPS) is 11.8. The van der Waals surface area contributed by atoms with E-state index in [1.807, 2.05) is 0 Å². The van der Waals surface area contributed by atoms with Crippen molar-refractivity contribution in [1.29, 1.82) is 0 Å². The van der Waals surface area contributed by atoms with Gasteiger partial charge in [0.05, 0.1) is 0 Å². The first-order chi connectivity index (χ1) is 10.1. The quantitative estimate of drug-likeness (QED) is 0.563. The zero-order valence-corrected chi connectivity index (χ0v) is 17.4. The number of anilines is 1. The maximum absolute atomic E-state index is 5.99. The Bertz CT molecular complexity index is 396. The molecule has 0 radical (unpaired) electrons. The molecule has 0 amide bonds. The molecular formula is C18H34N2Sn. The molecule has 1 rings (SSSR count). The van der Waals surface area contributed by atoms with E-state index in [9.17, 15) is 0 Å².